The van der Waals surface area contributed by atoms with Gasteiger partial charge in [0.05, 0.1) is 8.96 Å². The number of ketones is 2. The van der Waals surface area contributed by atoms with E-state index in [1.54, 1.807) is 0 Å². The molecule has 2 aliphatic rings. The van der Waals surface area contributed by atoms with E-state index in [4.69, 9.17) is 4.74 Å². The number of hydrogen-bond acceptors (Lipinski definition) is 4. The highest BCUT2D eigenvalue weighted by Crippen LogP contribution is 2.41. The van der Waals surface area contributed by atoms with Crippen LogP contribution in [-0.2, 0) is 19.5 Å². The van der Waals surface area contributed by atoms with Crippen LogP contribution in [-0.4, -0.2) is 33.8 Å². The van der Waals surface area contributed by atoms with Crippen LogP contribution < -0.4 is 0 Å². The molecule has 0 unspecified atom stereocenters. The summed E-state index contributed by atoms with van der Waals surface area (Å²) < 4.78 is 6.28. The number of piperidine rings is 1. The molecule has 127 valence electrons. The van der Waals surface area contributed by atoms with Crippen molar-refractivity contribution in [2.45, 2.75) is 57.7 Å². The molecule has 0 aromatic rings. The smallest absolute Gasteiger partial charge is 0.237 e. The molecule has 1 heterocycles. The summed E-state index contributed by atoms with van der Waals surface area (Å²) in [7, 11) is 0. The molecule has 1 aliphatic heterocycles. The summed E-state index contributed by atoms with van der Waals surface area (Å²) in [4.78, 5) is 24.5. The fourth-order valence-electron chi connectivity index (χ4n) is 3.13. The molecular formula is C15H17Br3NO4. The van der Waals surface area contributed by atoms with Gasteiger partial charge in [-0.05, 0) is 75.5 Å². The van der Waals surface area contributed by atoms with Crippen molar-refractivity contribution in [1.29, 1.82) is 0 Å². The molecule has 1 radical (unpaired) electrons. The first-order valence-corrected chi connectivity index (χ1v) is 9.45. The summed E-state index contributed by atoms with van der Waals surface area (Å²) in [5, 5.41) is 13.5. The van der Waals surface area contributed by atoms with Crippen molar-refractivity contribution < 1.29 is 19.5 Å². The van der Waals surface area contributed by atoms with Gasteiger partial charge in [-0.3, -0.25) is 9.59 Å². The first-order chi connectivity index (χ1) is 10.4. The highest BCUT2D eigenvalue weighted by Gasteiger charge is 2.48. The van der Waals surface area contributed by atoms with E-state index in [-0.39, 0.29) is 31.1 Å². The van der Waals surface area contributed by atoms with E-state index in [0.717, 1.165) is 5.06 Å². The number of nitrogens with zero attached hydrogens (tertiary/aromatic N) is 1. The van der Waals surface area contributed by atoms with Gasteiger partial charge in [0.2, 0.25) is 11.6 Å². The van der Waals surface area contributed by atoms with Crippen LogP contribution in [0.2, 0.25) is 0 Å². The van der Waals surface area contributed by atoms with Gasteiger partial charge in [0.25, 0.3) is 0 Å². The largest absolute Gasteiger partial charge is 0.485 e. The third kappa shape index (κ3) is 3.51. The van der Waals surface area contributed by atoms with Gasteiger partial charge < -0.3 is 4.74 Å². The Hall–Kier alpha value is -0.0200. The first kappa shape index (κ1) is 19.3. The third-order valence-electron chi connectivity index (χ3n) is 4.03. The van der Waals surface area contributed by atoms with E-state index in [1.165, 1.54) is 0 Å². The second-order valence-electron chi connectivity index (χ2n) is 7.00. The average molecular weight is 515 g/mol. The number of ether oxygens (including phenoxy) is 1. The fourth-order valence-corrected chi connectivity index (χ4v) is 4.60. The maximum atomic E-state index is 12.4. The van der Waals surface area contributed by atoms with Gasteiger partial charge >= 0.3 is 0 Å². The standard InChI is InChI=1S/C15H17Br3NO4/c1-14(2)5-7(6-15(3,4)19(14)22)23-13-10(18)11(20)8(16)9(17)12(13)21/h7H,5-6H2,1-4H3. The number of Topliss-reactive ketones (excluding diaryl/α,β-unsaturated/α-hetero) is 2. The quantitative estimate of drug-likeness (QED) is 0.520. The normalized spacial score (nSPS) is 26.1. The molecule has 0 saturated carbocycles. The predicted molar refractivity (Wildman–Crippen MR) is 95.6 cm³/mol. The highest BCUT2D eigenvalue weighted by molar-refractivity contribution is 9.15. The van der Waals surface area contributed by atoms with Gasteiger partial charge in [0.15, 0.2) is 5.76 Å². The molecule has 5 nitrogen and oxygen atoms in total. The first-order valence-electron chi connectivity index (χ1n) is 7.07. The molecule has 2 rings (SSSR count). The van der Waals surface area contributed by atoms with Crippen molar-refractivity contribution in [2.24, 2.45) is 0 Å². The van der Waals surface area contributed by atoms with Gasteiger partial charge in [0.1, 0.15) is 10.6 Å². The van der Waals surface area contributed by atoms with Gasteiger partial charge in [-0.25, -0.2) is 0 Å². The maximum absolute atomic E-state index is 12.4. The Kier molecular flexibility index (Phi) is 5.34. The molecule has 1 aliphatic carbocycles. The summed E-state index contributed by atoms with van der Waals surface area (Å²) in [5.41, 5.74) is -1.23. The second-order valence-corrected chi connectivity index (χ2v) is 9.38. The number of halogens is 3. The lowest BCUT2D eigenvalue weighted by molar-refractivity contribution is -0.299. The number of carbonyl (C=O) groups is 2. The molecule has 23 heavy (non-hydrogen) atoms. The number of hydrogen-bond donors (Lipinski definition) is 0. The van der Waals surface area contributed by atoms with Crippen molar-refractivity contribution in [3.05, 3.63) is 19.2 Å². The van der Waals surface area contributed by atoms with Crippen LogP contribution in [0.4, 0.5) is 0 Å². The monoisotopic (exact) mass is 512 g/mol. The van der Waals surface area contributed by atoms with Crippen molar-refractivity contribution in [1.82, 2.24) is 5.06 Å². The van der Waals surface area contributed by atoms with Gasteiger partial charge in [0, 0.05) is 23.9 Å². The molecule has 0 spiro atoms. The molecule has 1 saturated heterocycles. The minimum Gasteiger partial charge on any atom is -0.485 e. The zero-order chi connectivity index (χ0) is 17.7. The molecule has 1 fully saturated rings. The zero-order valence-electron chi connectivity index (χ0n) is 13.2. The minimum absolute atomic E-state index is 0.0129. The van der Waals surface area contributed by atoms with E-state index in [2.05, 4.69) is 47.8 Å². The Labute approximate surface area is 160 Å². The van der Waals surface area contributed by atoms with Crippen LogP contribution in [0.1, 0.15) is 40.5 Å². The topological polar surface area (TPSA) is 66.5 Å². The molecule has 0 bridgehead atoms. The van der Waals surface area contributed by atoms with Gasteiger partial charge in [-0.1, -0.05) is 0 Å². The van der Waals surface area contributed by atoms with Crippen LogP contribution in [0.5, 0.6) is 0 Å². The van der Waals surface area contributed by atoms with Crippen LogP contribution >= 0.6 is 47.8 Å². The van der Waals surface area contributed by atoms with Gasteiger partial charge in [-0.15, -0.1) is 10.3 Å². The summed E-state index contributed by atoms with van der Waals surface area (Å²) in [6.45, 7) is 7.39. The molecule has 0 aromatic heterocycles. The Morgan fingerprint density at radius 1 is 0.913 bits per heavy atom. The van der Waals surface area contributed by atoms with Crippen LogP contribution in [0.25, 0.3) is 0 Å². The van der Waals surface area contributed by atoms with E-state index in [0.29, 0.717) is 12.8 Å². The van der Waals surface area contributed by atoms with E-state index in [1.807, 2.05) is 27.7 Å². The average Bonchev–Trinajstić information content (AvgIpc) is 2.44. The summed E-state index contributed by atoms with van der Waals surface area (Å²) in [6, 6.07) is 0. The Morgan fingerprint density at radius 3 is 1.83 bits per heavy atom. The molecule has 0 N–H and O–H groups in total. The lowest BCUT2D eigenvalue weighted by Crippen LogP contribution is -2.60. The van der Waals surface area contributed by atoms with Crippen molar-refractivity contribution >= 4 is 59.4 Å². The summed E-state index contributed by atoms with van der Waals surface area (Å²) in [5.74, 6) is -0.768. The number of carbonyl (C=O) groups excluding carboxylic acids is 2. The van der Waals surface area contributed by atoms with Crippen molar-refractivity contribution in [3.63, 3.8) is 0 Å². The zero-order valence-corrected chi connectivity index (χ0v) is 18.0. The Morgan fingerprint density at radius 2 is 1.35 bits per heavy atom. The molecule has 0 aromatic carbocycles. The summed E-state index contributed by atoms with van der Waals surface area (Å²) in [6.07, 6.45) is 0.600. The second kappa shape index (κ2) is 6.37. The van der Waals surface area contributed by atoms with E-state index >= 15 is 0 Å². The minimum atomic E-state index is -0.616. The van der Waals surface area contributed by atoms with Gasteiger partial charge in [-0.2, -0.15) is 0 Å². The SMILES string of the molecule is CC1(C)CC(OC2=C(Br)C(=O)C(Br)=C(Br)C2=O)CC(C)(C)N1[O]. The van der Waals surface area contributed by atoms with Crippen LogP contribution in [0.15, 0.2) is 19.2 Å². The molecule has 8 heteroatoms. The lowest BCUT2D eigenvalue weighted by Gasteiger charge is -2.49. The predicted octanol–water partition coefficient (Wildman–Crippen LogP) is 4.13. The van der Waals surface area contributed by atoms with Crippen LogP contribution in [0.3, 0.4) is 0 Å². The van der Waals surface area contributed by atoms with Crippen molar-refractivity contribution in [2.75, 3.05) is 0 Å². The van der Waals surface area contributed by atoms with E-state index < -0.39 is 16.9 Å². The molecule has 0 amide bonds. The third-order valence-corrected chi connectivity index (χ3v) is 6.80. The Bertz CT molecular complexity index is 619. The number of allylic oxidation sites excluding steroid dienone is 3. The summed E-state index contributed by atoms with van der Waals surface area (Å²) >= 11 is 9.36. The lowest BCUT2D eigenvalue weighted by atomic mass is 9.80. The molecular weight excluding hydrogens is 498 g/mol. The van der Waals surface area contributed by atoms with Crippen LogP contribution in [0, 0.1) is 0 Å². The van der Waals surface area contributed by atoms with Crippen molar-refractivity contribution in [3.8, 4) is 0 Å². The number of rotatable bonds is 2. The maximum Gasteiger partial charge on any atom is 0.237 e. The highest BCUT2D eigenvalue weighted by atomic mass is 79.9. The fraction of sp³-hybridized carbons (Fsp3) is 0.600. The van der Waals surface area contributed by atoms with E-state index in [9.17, 15) is 14.8 Å². The molecule has 0 atom stereocenters. The Balaban J connectivity index is 2.29. The number of hydroxylamine groups is 2.